The Morgan fingerprint density at radius 3 is 2.47 bits per heavy atom. The Kier molecular flexibility index (Phi) is 3.42. The maximum absolute atomic E-state index is 12.8. The molecule has 2 rings (SSSR count). The minimum Gasteiger partial charge on any atom is -0.306 e. The van der Waals surface area contributed by atoms with E-state index in [4.69, 9.17) is 0 Å². The lowest BCUT2D eigenvalue weighted by Crippen LogP contribution is -2.53. The SMILES string of the molecule is CC(NC1(C(F)(F)F)CC1)C1CCCN(C)C1. The molecule has 0 spiro atoms. The summed E-state index contributed by atoms with van der Waals surface area (Å²) in [6, 6.07) is -0.0538. The lowest BCUT2D eigenvalue weighted by atomic mass is 9.91. The summed E-state index contributed by atoms with van der Waals surface area (Å²) in [5.74, 6) is 0.341. The van der Waals surface area contributed by atoms with E-state index in [9.17, 15) is 13.2 Å². The maximum Gasteiger partial charge on any atom is 0.406 e. The van der Waals surface area contributed by atoms with Crippen LogP contribution in [-0.2, 0) is 0 Å². The van der Waals surface area contributed by atoms with Crippen LogP contribution in [0.15, 0.2) is 0 Å². The van der Waals surface area contributed by atoms with Crippen molar-refractivity contribution in [2.24, 2.45) is 5.92 Å². The van der Waals surface area contributed by atoms with E-state index in [0.29, 0.717) is 5.92 Å². The summed E-state index contributed by atoms with van der Waals surface area (Å²) in [7, 11) is 2.04. The van der Waals surface area contributed by atoms with Crippen LogP contribution in [-0.4, -0.2) is 42.8 Å². The Morgan fingerprint density at radius 1 is 1.35 bits per heavy atom. The molecule has 2 nitrogen and oxygen atoms in total. The zero-order valence-electron chi connectivity index (χ0n) is 10.5. The van der Waals surface area contributed by atoms with Crippen molar-refractivity contribution in [2.75, 3.05) is 20.1 Å². The largest absolute Gasteiger partial charge is 0.406 e. The highest BCUT2D eigenvalue weighted by Gasteiger charge is 2.63. The van der Waals surface area contributed by atoms with Gasteiger partial charge in [0, 0.05) is 12.6 Å². The molecule has 1 N–H and O–H groups in total. The highest BCUT2D eigenvalue weighted by molar-refractivity contribution is 5.09. The van der Waals surface area contributed by atoms with E-state index in [1.807, 2.05) is 14.0 Å². The molecule has 100 valence electrons. The molecular formula is C12H21F3N2. The van der Waals surface area contributed by atoms with Gasteiger partial charge < -0.3 is 10.2 Å². The molecule has 2 fully saturated rings. The fourth-order valence-electron chi connectivity index (χ4n) is 2.80. The standard InChI is InChI=1S/C12H21F3N2/c1-9(10-4-3-7-17(2)8-10)16-11(5-6-11)12(13,14)15/h9-10,16H,3-8H2,1-2H3. The first-order chi connectivity index (χ1) is 7.84. The predicted octanol–water partition coefficient (Wildman–Crippen LogP) is 2.40. The quantitative estimate of drug-likeness (QED) is 0.827. The molecule has 1 saturated carbocycles. The van der Waals surface area contributed by atoms with Crippen molar-refractivity contribution in [3.8, 4) is 0 Å². The van der Waals surface area contributed by atoms with Gasteiger partial charge in [0.2, 0.25) is 0 Å². The summed E-state index contributed by atoms with van der Waals surface area (Å²) in [5.41, 5.74) is -1.57. The van der Waals surface area contributed by atoms with Crippen molar-refractivity contribution in [1.29, 1.82) is 0 Å². The Balaban J connectivity index is 1.91. The molecule has 0 radical (unpaired) electrons. The van der Waals surface area contributed by atoms with Gasteiger partial charge in [-0.15, -0.1) is 0 Å². The molecule has 2 unspecified atom stereocenters. The first kappa shape index (κ1) is 13.1. The summed E-state index contributed by atoms with van der Waals surface area (Å²) in [6.45, 7) is 3.87. The summed E-state index contributed by atoms with van der Waals surface area (Å²) in [5, 5.41) is 2.85. The Hall–Kier alpha value is -0.290. The molecule has 1 aliphatic carbocycles. The third-order valence-corrected chi connectivity index (χ3v) is 4.16. The third kappa shape index (κ3) is 2.76. The van der Waals surface area contributed by atoms with E-state index in [2.05, 4.69) is 10.2 Å². The van der Waals surface area contributed by atoms with Gasteiger partial charge in [0.25, 0.3) is 0 Å². The zero-order chi connectivity index (χ0) is 12.7. The van der Waals surface area contributed by atoms with Crippen molar-refractivity contribution < 1.29 is 13.2 Å². The number of halogens is 3. The van der Waals surface area contributed by atoms with Gasteiger partial charge in [0.05, 0.1) is 0 Å². The van der Waals surface area contributed by atoms with Crippen LogP contribution in [0.1, 0.15) is 32.6 Å². The molecule has 0 aromatic rings. The predicted molar refractivity (Wildman–Crippen MR) is 60.8 cm³/mol. The van der Waals surface area contributed by atoms with Crippen LogP contribution in [0.4, 0.5) is 13.2 Å². The van der Waals surface area contributed by atoms with Crippen LogP contribution in [0.25, 0.3) is 0 Å². The van der Waals surface area contributed by atoms with E-state index >= 15 is 0 Å². The van der Waals surface area contributed by atoms with Gasteiger partial charge in [-0.1, -0.05) is 0 Å². The van der Waals surface area contributed by atoms with E-state index in [0.717, 1.165) is 25.9 Å². The molecule has 0 bridgehead atoms. The number of piperidine rings is 1. The topological polar surface area (TPSA) is 15.3 Å². The number of hydrogen-bond acceptors (Lipinski definition) is 2. The summed E-state index contributed by atoms with van der Waals surface area (Å²) in [4.78, 5) is 2.21. The van der Waals surface area contributed by atoms with Crippen molar-refractivity contribution in [3.63, 3.8) is 0 Å². The van der Waals surface area contributed by atoms with Crippen molar-refractivity contribution in [1.82, 2.24) is 10.2 Å². The van der Waals surface area contributed by atoms with E-state index in [1.165, 1.54) is 0 Å². The average molecular weight is 250 g/mol. The van der Waals surface area contributed by atoms with Crippen LogP contribution in [0.2, 0.25) is 0 Å². The van der Waals surface area contributed by atoms with Crippen LogP contribution in [0, 0.1) is 5.92 Å². The smallest absolute Gasteiger partial charge is 0.306 e. The third-order valence-electron chi connectivity index (χ3n) is 4.16. The summed E-state index contributed by atoms with van der Waals surface area (Å²) >= 11 is 0. The molecule has 0 amide bonds. The minimum atomic E-state index is -4.10. The van der Waals surface area contributed by atoms with Gasteiger partial charge in [-0.2, -0.15) is 13.2 Å². The zero-order valence-corrected chi connectivity index (χ0v) is 10.5. The van der Waals surface area contributed by atoms with Gasteiger partial charge in [-0.25, -0.2) is 0 Å². The molecule has 5 heteroatoms. The molecule has 2 aliphatic rings. The van der Waals surface area contributed by atoms with E-state index < -0.39 is 11.7 Å². The molecular weight excluding hydrogens is 229 g/mol. The maximum atomic E-state index is 12.8. The van der Waals surface area contributed by atoms with Crippen LogP contribution < -0.4 is 5.32 Å². The molecule has 1 saturated heterocycles. The Labute approximate surface area is 101 Å². The second kappa shape index (κ2) is 4.43. The number of alkyl halides is 3. The second-order valence-electron chi connectivity index (χ2n) is 5.68. The molecule has 17 heavy (non-hydrogen) atoms. The summed E-state index contributed by atoms with van der Waals surface area (Å²) in [6.07, 6.45) is -1.49. The summed E-state index contributed by atoms with van der Waals surface area (Å²) < 4.78 is 38.5. The van der Waals surface area contributed by atoms with Crippen molar-refractivity contribution in [3.05, 3.63) is 0 Å². The molecule has 1 heterocycles. The first-order valence-electron chi connectivity index (χ1n) is 6.37. The van der Waals surface area contributed by atoms with E-state index in [1.54, 1.807) is 0 Å². The van der Waals surface area contributed by atoms with Crippen LogP contribution >= 0.6 is 0 Å². The van der Waals surface area contributed by atoms with Crippen molar-refractivity contribution in [2.45, 2.75) is 50.4 Å². The number of likely N-dealkylation sites (tertiary alicyclic amines) is 1. The van der Waals surface area contributed by atoms with Gasteiger partial charge in [-0.05, 0) is 52.1 Å². The molecule has 0 aromatic carbocycles. The Morgan fingerprint density at radius 2 is 2.00 bits per heavy atom. The fourth-order valence-corrected chi connectivity index (χ4v) is 2.80. The number of rotatable bonds is 3. The van der Waals surface area contributed by atoms with Gasteiger partial charge in [0.1, 0.15) is 5.54 Å². The lowest BCUT2D eigenvalue weighted by molar-refractivity contribution is -0.168. The minimum absolute atomic E-state index is 0.0538. The fraction of sp³-hybridized carbons (Fsp3) is 1.00. The van der Waals surface area contributed by atoms with Crippen LogP contribution in [0.3, 0.4) is 0 Å². The number of hydrogen-bond donors (Lipinski definition) is 1. The van der Waals surface area contributed by atoms with Crippen LogP contribution in [0.5, 0.6) is 0 Å². The Bertz CT molecular complexity index is 273. The van der Waals surface area contributed by atoms with Gasteiger partial charge >= 0.3 is 6.18 Å². The monoisotopic (exact) mass is 250 g/mol. The molecule has 2 atom stereocenters. The first-order valence-corrected chi connectivity index (χ1v) is 6.37. The highest BCUT2D eigenvalue weighted by atomic mass is 19.4. The number of nitrogens with zero attached hydrogens (tertiary/aromatic N) is 1. The highest BCUT2D eigenvalue weighted by Crippen LogP contribution is 2.49. The normalized spacial score (nSPS) is 31.2. The number of nitrogens with one attached hydrogen (secondary N) is 1. The van der Waals surface area contributed by atoms with E-state index in [-0.39, 0.29) is 18.9 Å². The van der Waals surface area contributed by atoms with Gasteiger partial charge in [-0.3, -0.25) is 0 Å². The molecule has 1 aliphatic heterocycles. The average Bonchev–Trinajstić information content (AvgIpc) is 2.98. The molecule has 0 aromatic heterocycles. The lowest BCUT2D eigenvalue weighted by Gasteiger charge is -2.36. The van der Waals surface area contributed by atoms with Gasteiger partial charge in [0.15, 0.2) is 0 Å². The van der Waals surface area contributed by atoms with Crippen molar-refractivity contribution >= 4 is 0 Å². The second-order valence-corrected chi connectivity index (χ2v) is 5.68.